The maximum absolute atomic E-state index is 12.3. The van der Waals surface area contributed by atoms with Crippen molar-refractivity contribution in [1.29, 1.82) is 0 Å². The van der Waals surface area contributed by atoms with Gasteiger partial charge in [-0.05, 0) is 19.3 Å². The van der Waals surface area contributed by atoms with Gasteiger partial charge in [0, 0.05) is 45.3 Å². The van der Waals surface area contributed by atoms with Crippen LogP contribution in [0, 0.1) is 5.92 Å². The van der Waals surface area contributed by atoms with Gasteiger partial charge in [0.15, 0.2) is 0 Å². The lowest BCUT2D eigenvalue weighted by atomic mass is 9.98. The van der Waals surface area contributed by atoms with Crippen LogP contribution in [0.3, 0.4) is 0 Å². The van der Waals surface area contributed by atoms with Crippen molar-refractivity contribution in [3.8, 4) is 0 Å². The molecule has 2 aliphatic rings. The number of allylic oxidation sites excluding steroid dienone is 1. The predicted octanol–water partition coefficient (Wildman–Crippen LogP) is 1.06. The quantitative estimate of drug-likeness (QED) is 0.688. The summed E-state index contributed by atoms with van der Waals surface area (Å²) in [5.74, 6) is 0.892. The molecule has 5 nitrogen and oxygen atoms in total. The van der Waals surface area contributed by atoms with Gasteiger partial charge in [-0.2, -0.15) is 0 Å². The number of ether oxygens (including phenoxy) is 1. The summed E-state index contributed by atoms with van der Waals surface area (Å²) in [4.78, 5) is 19.1. The van der Waals surface area contributed by atoms with Crippen LogP contribution in [0.1, 0.15) is 20.3 Å². The van der Waals surface area contributed by atoms with Gasteiger partial charge in [0.05, 0.1) is 19.8 Å². The average molecular weight is 309 g/mol. The van der Waals surface area contributed by atoms with Crippen LogP contribution in [0.2, 0.25) is 0 Å². The molecule has 0 aromatic rings. The Kier molecular flexibility index (Phi) is 6.86. The summed E-state index contributed by atoms with van der Waals surface area (Å²) in [5, 5.41) is 0. The fourth-order valence-electron chi connectivity index (χ4n) is 3.25. The highest BCUT2D eigenvalue weighted by Gasteiger charge is 2.26. The number of morpholine rings is 1. The number of amides is 1. The molecule has 22 heavy (non-hydrogen) atoms. The first-order valence-corrected chi connectivity index (χ1v) is 8.54. The molecule has 1 amide bonds. The number of nitrogens with zero attached hydrogens (tertiary/aromatic N) is 3. The van der Waals surface area contributed by atoms with Gasteiger partial charge in [0.1, 0.15) is 0 Å². The minimum absolute atomic E-state index is 0.254. The van der Waals surface area contributed by atoms with Crippen LogP contribution in [0.4, 0.5) is 0 Å². The molecule has 0 saturated carbocycles. The number of piperazine rings is 1. The predicted molar refractivity (Wildman–Crippen MR) is 88.9 cm³/mol. The number of carbonyl (C=O) groups excluding carboxylic acids is 1. The molecule has 5 heteroatoms. The lowest BCUT2D eigenvalue weighted by Gasteiger charge is -2.40. The number of rotatable bonds is 6. The first-order valence-electron chi connectivity index (χ1n) is 8.54. The van der Waals surface area contributed by atoms with E-state index >= 15 is 0 Å². The Morgan fingerprint density at radius 1 is 1.14 bits per heavy atom. The fourth-order valence-corrected chi connectivity index (χ4v) is 3.25. The molecule has 0 spiro atoms. The van der Waals surface area contributed by atoms with Gasteiger partial charge in [-0.25, -0.2) is 0 Å². The highest BCUT2D eigenvalue weighted by Crippen LogP contribution is 2.17. The summed E-state index contributed by atoms with van der Waals surface area (Å²) in [7, 11) is 0. The molecule has 0 radical (unpaired) electrons. The van der Waals surface area contributed by atoms with Gasteiger partial charge in [-0.15, -0.1) is 6.58 Å². The number of hydrogen-bond donors (Lipinski definition) is 0. The number of hydrogen-bond acceptors (Lipinski definition) is 4. The average Bonchev–Trinajstić information content (AvgIpc) is 2.56. The molecule has 2 saturated heterocycles. The second kappa shape index (κ2) is 8.65. The van der Waals surface area contributed by atoms with E-state index in [-0.39, 0.29) is 5.91 Å². The van der Waals surface area contributed by atoms with E-state index < -0.39 is 0 Å². The van der Waals surface area contributed by atoms with E-state index in [1.54, 1.807) is 0 Å². The van der Waals surface area contributed by atoms with Gasteiger partial charge in [0.25, 0.3) is 0 Å². The second-order valence-electron chi connectivity index (χ2n) is 6.55. The van der Waals surface area contributed by atoms with E-state index in [0.29, 0.717) is 31.7 Å². The maximum Gasteiger partial charge on any atom is 0.236 e. The van der Waals surface area contributed by atoms with Crippen molar-refractivity contribution >= 4 is 5.91 Å². The first kappa shape index (κ1) is 17.4. The standard InChI is InChI=1S/C17H31N3O2/c1-4-5-15(2)16(3)19-8-6-18(7-9-19)14-17(21)20-10-12-22-13-11-20/h4,15-16H,1,5-14H2,2-3H3/t15-,16+/m1/s1. The van der Waals surface area contributed by atoms with E-state index in [1.165, 1.54) is 0 Å². The van der Waals surface area contributed by atoms with Gasteiger partial charge in [-0.3, -0.25) is 14.6 Å². The Hall–Kier alpha value is -0.910. The highest BCUT2D eigenvalue weighted by molar-refractivity contribution is 5.78. The van der Waals surface area contributed by atoms with Gasteiger partial charge < -0.3 is 9.64 Å². The van der Waals surface area contributed by atoms with Crippen molar-refractivity contribution in [2.75, 3.05) is 59.0 Å². The second-order valence-corrected chi connectivity index (χ2v) is 6.55. The van der Waals surface area contributed by atoms with Gasteiger partial charge in [-0.1, -0.05) is 13.0 Å². The summed E-state index contributed by atoms with van der Waals surface area (Å²) >= 11 is 0. The molecule has 2 fully saturated rings. The normalized spacial score (nSPS) is 24.0. The monoisotopic (exact) mass is 309 g/mol. The molecule has 0 aromatic carbocycles. The lowest BCUT2D eigenvalue weighted by molar-refractivity contribution is -0.137. The SMILES string of the molecule is C=CC[C@@H](C)[C@H](C)N1CCN(CC(=O)N2CCOCC2)CC1. The van der Waals surface area contributed by atoms with Crippen molar-refractivity contribution in [1.82, 2.24) is 14.7 Å². The Labute approximate surface area is 134 Å². The van der Waals surface area contributed by atoms with Crippen LogP contribution >= 0.6 is 0 Å². The van der Waals surface area contributed by atoms with Gasteiger partial charge >= 0.3 is 0 Å². The molecular weight excluding hydrogens is 278 g/mol. The van der Waals surface area contributed by atoms with E-state index in [1.807, 2.05) is 11.0 Å². The molecule has 0 aromatic heterocycles. The Morgan fingerprint density at radius 3 is 2.36 bits per heavy atom. The Bertz CT molecular complexity index is 361. The third-order valence-corrected chi connectivity index (χ3v) is 5.07. The zero-order valence-electron chi connectivity index (χ0n) is 14.2. The molecule has 2 heterocycles. The van der Waals surface area contributed by atoms with Crippen LogP contribution in [-0.4, -0.2) is 85.7 Å². The summed E-state index contributed by atoms with van der Waals surface area (Å²) in [5.41, 5.74) is 0. The summed E-state index contributed by atoms with van der Waals surface area (Å²) < 4.78 is 5.30. The van der Waals surface area contributed by atoms with Crippen molar-refractivity contribution < 1.29 is 9.53 Å². The fraction of sp³-hybridized carbons (Fsp3) is 0.824. The van der Waals surface area contributed by atoms with Crippen molar-refractivity contribution in [3.63, 3.8) is 0 Å². The zero-order chi connectivity index (χ0) is 15.9. The van der Waals surface area contributed by atoms with Crippen molar-refractivity contribution in [2.45, 2.75) is 26.3 Å². The van der Waals surface area contributed by atoms with Crippen LogP contribution in [-0.2, 0) is 9.53 Å². The van der Waals surface area contributed by atoms with Gasteiger partial charge in [0.2, 0.25) is 5.91 Å². The minimum atomic E-state index is 0.254. The third kappa shape index (κ3) is 4.80. The molecular formula is C17H31N3O2. The molecule has 2 atom stereocenters. The summed E-state index contributed by atoms with van der Waals surface area (Å²) in [6.07, 6.45) is 3.08. The van der Waals surface area contributed by atoms with Crippen molar-refractivity contribution in [2.24, 2.45) is 5.92 Å². The molecule has 2 aliphatic heterocycles. The molecule has 126 valence electrons. The lowest BCUT2D eigenvalue weighted by Crippen LogP contribution is -2.54. The van der Waals surface area contributed by atoms with E-state index in [2.05, 4.69) is 30.2 Å². The molecule has 2 rings (SSSR count). The van der Waals surface area contributed by atoms with E-state index in [9.17, 15) is 4.79 Å². The summed E-state index contributed by atoms with van der Waals surface area (Å²) in [6, 6.07) is 0.579. The zero-order valence-corrected chi connectivity index (χ0v) is 14.2. The van der Waals surface area contributed by atoms with Crippen LogP contribution in [0.25, 0.3) is 0 Å². The Balaban J connectivity index is 1.72. The smallest absolute Gasteiger partial charge is 0.236 e. The maximum atomic E-state index is 12.3. The third-order valence-electron chi connectivity index (χ3n) is 5.07. The van der Waals surface area contributed by atoms with Crippen LogP contribution in [0.15, 0.2) is 12.7 Å². The number of carbonyl (C=O) groups is 1. The molecule has 0 unspecified atom stereocenters. The first-order chi connectivity index (χ1) is 10.6. The molecule has 0 N–H and O–H groups in total. The summed E-state index contributed by atoms with van der Waals surface area (Å²) in [6.45, 7) is 15.9. The largest absolute Gasteiger partial charge is 0.378 e. The van der Waals surface area contributed by atoms with Crippen LogP contribution in [0.5, 0.6) is 0 Å². The van der Waals surface area contributed by atoms with E-state index in [4.69, 9.17) is 4.74 Å². The molecule has 0 bridgehead atoms. The van der Waals surface area contributed by atoms with Crippen LogP contribution < -0.4 is 0 Å². The molecule has 0 aliphatic carbocycles. The minimum Gasteiger partial charge on any atom is -0.378 e. The van der Waals surface area contributed by atoms with E-state index in [0.717, 1.165) is 45.7 Å². The van der Waals surface area contributed by atoms with Crippen molar-refractivity contribution in [3.05, 3.63) is 12.7 Å². The highest BCUT2D eigenvalue weighted by atomic mass is 16.5. The topological polar surface area (TPSA) is 36.0 Å². The Morgan fingerprint density at radius 2 is 1.77 bits per heavy atom.